The van der Waals surface area contributed by atoms with Crippen LogP contribution in [0.3, 0.4) is 0 Å². The highest BCUT2D eigenvalue weighted by Gasteiger charge is 2.29. The lowest BCUT2D eigenvalue weighted by molar-refractivity contribution is -0.0500. The minimum atomic E-state index is -3.05. The van der Waals surface area contributed by atoms with Gasteiger partial charge >= 0.3 is 12.7 Å². The number of carbonyl (C=O) groups is 1. The molecular formula is C14H19F3N2O3. The number of rotatable bonds is 5. The molecule has 1 aromatic rings. The second-order valence-electron chi connectivity index (χ2n) is 5.73. The fourth-order valence-electron chi connectivity index (χ4n) is 1.92. The summed E-state index contributed by atoms with van der Waals surface area (Å²) in [6, 6.07) is 2.23. The Hall–Kier alpha value is -1.96. The van der Waals surface area contributed by atoms with E-state index in [2.05, 4.69) is 4.74 Å². The molecule has 1 atom stereocenters. The minimum absolute atomic E-state index is 0.0251. The maximum Gasteiger partial charge on any atom is 0.407 e. The maximum absolute atomic E-state index is 13.9. The minimum Gasteiger partial charge on any atom is -0.465 e. The fraction of sp³-hybridized carbons (Fsp3) is 0.500. The van der Waals surface area contributed by atoms with Crippen molar-refractivity contribution in [1.29, 1.82) is 0 Å². The molecular weight excluding hydrogens is 301 g/mol. The van der Waals surface area contributed by atoms with Crippen LogP contribution in [0.15, 0.2) is 18.2 Å². The van der Waals surface area contributed by atoms with Crippen LogP contribution in [0.2, 0.25) is 0 Å². The molecule has 8 heteroatoms. The van der Waals surface area contributed by atoms with Gasteiger partial charge in [0.15, 0.2) is 0 Å². The highest BCUT2D eigenvalue weighted by atomic mass is 19.3. The molecule has 0 spiro atoms. The molecule has 1 unspecified atom stereocenters. The van der Waals surface area contributed by atoms with Crippen LogP contribution in [-0.2, 0) is 0 Å². The van der Waals surface area contributed by atoms with Crippen molar-refractivity contribution in [3.8, 4) is 5.75 Å². The van der Waals surface area contributed by atoms with Gasteiger partial charge in [0, 0.05) is 23.7 Å². The van der Waals surface area contributed by atoms with Crippen LogP contribution < -0.4 is 10.5 Å². The first-order chi connectivity index (χ1) is 10.0. The Morgan fingerprint density at radius 2 is 2.00 bits per heavy atom. The predicted molar refractivity (Wildman–Crippen MR) is 74.4 cm³/mol. The van der Waals surface area contributed by atoms with Crippen LogP contribution >= 0.6 is 0 Å². The van der Waals surface area contributed by atoms with Crippen LogP contribution in [0, 0.1) is 5.82 Å². The molecule has 1 amide bonds. The first-order valence-corrected chi connectivity index (χ1v) is 6.52. The predicted octanol–water partition coefficient (Wildman–Crippen LogP) is 3.21. The summed E-state index contributed by atoms with van der Waals surface area (Å²) in [4.78, 5) is 12.3. The van der Waals surface area contributed by atoms with Crippen LogP contribution in [0.5, 0.6) is 5.75 Å². The van der Waals surface area contributed by atoms with E-state index in [0.29, 0.717) is 0 Å². The third kappa shape index (κ3) is 4.80. The van der Waals surface area contributed by atoms with E-state index in [1.54, 1.807) is 20.8 Å². The van der Waals surface area contributed by atoms with Crippen LogP contribution in [-0.4, -0.2) is 34.8 Å². The van der Waals surface area contributed by atoms with Gasteiger partial charge in [-0.3, -0.25) is 0 Å². The van der Waals surface area contributed by atoms with Gasteiger partial charge in [-0.2, -0.15) is 8.78 Å². The zero-order valence-electron chi connectivity index (χ0n) is 12.5. The smallest absolute Gasteiger partial charge is 0.407 e. The lowest BCUT2D eigenvalue weighted by Gasteiger charge is -2.35. The Morgan fingerprint density at radius 1 is 1.41 bits per heavy atom. The molecule has 0 radical (unpaired) electrons. The summed E-state index contributed by atoms with van der Waals surface area (Å²) in [5.41, 5.74) is 5.16. The zero-order valence-corrected chi connectivity index (χ0v) is 12.5. The number of carboxylic acid groups (broad SMARTS) is 1. The van der Waals surface area contributed by atoms with E-state index in [-0.39, 0.29) is 17.9 Å². The van der Waals surface area contributed by atoms with Crippen molar-refractivity contribution in [2.45, 2.75) is 39.0 Å². The molecule has 3 N–H and O–H groups in total. The number of amides is 1. The lowest BCUT2D eigenvalue weighted by atomic mass is 10.0. The summed E-state index contributed by atoms with van der Waals surface area (Å²) in [5.74, 6) is -1.15. The van der Waals surface area contributed by atoms with Gasteiger partial charge in [-0.1, -0.05) is 6.07 Å². The number of benzene rings is 1. The first-order valence-electron chi connectivity index (χ1n) is 6.52. The molecule has 0 aliphatic carbocycles. The van der Waals surface area contributed by atoms with Crippen molar-refractivity contribution < 1.29 is 27.8 Å². The Morgan fingerprint density at radius 3 is 2.41 bits per heavy atom. The standard InChI is InChI=1S/C14H19F3N2O3/c1-14(2,3)19(13(20)21)7-11(18)9-5-4-8(6-10(9)15)22-12(16)17/h4-6,11-12H,7,18H2,1-3H3,(H,20,21). The molecule has 124 valence electrons. The molecule has 0 aliphatic heterocycles. The average molecular weight is 320 g/mol. The quantitative estimate of drug-likeness (QED) is 0.873. The van der Waals surface area contributed by atoms with Gasteiger partial charge in [0.25, 0.3) is 0 Å². The van der Waals surface area contributed by atoms with Crippen LogP contribution in [0.1, 0.15) is 32.4 Å². The molecule has 0 aromatic heterocycles. The van der Waals surface area contributed by atoms with E-state index in [1.807, 2.05) is 0 Å². The zero-order chi connectivity index (χ0) is 17.1. The average Bonchev–Trinajstić information content (AvgIpc) is 2.33. The molecule has 0 aliphatic rings. The molecule has 0 fully saturated rings. The summed E-state index contributed by atoms with van der Waals surface area (Å²) in [7, 11) is 0. The van der Waals surface area contributed by atoms with Crippen molar-refractivity contribution in [2.75, 3.05) is 6.54 Å². The number of hydrogen-bond donors (Lipinski definition) is 2. The summed E-state index contributed by atoms with van der Waals surface area (Å²) >= 11 is 0. The van der Waals surface area contributed by atoms with E-state index in [0.717, 1.165) is 17.0 Å². The number of ether oxygens (including phenoxy) is 1. The van der Waals surface area contributed by atoms with Gasteiger partial charge < -0.3 is 20.5 Å². The van der Waals surface area contributed by atoms with E-state index >= 15 is 0 Å². The largest absolute Gasteiger partial charge is 0.465 e. The summed E-state index contributed by atoms with van der Waals surface area (Å²) in [6.45, 7) is 1.87. The van der Waals surface area contributed by atoms with Crippen molar-refractivity contribution in [2.24, 2.45) is 5.73 Å². The monoisotopic (exact) mass is 320 g/mol. The molecule has 1 aromatic carbocycles. The van der Waals surface area contributed by atoms with Crippen molar-refractivity contribution in [3.63, 3.8) is 0 Å². The third-order valence-corrected chi connectivity index (χ3v) is 3.02. The Balaban J connectivity index is 2.93. The van der Waals surface area contributed by atoms with Crippen LogP contribution in [0.4, 0.5) is 18.0 Å². The Bertz CT molecular complexity index is 533. The number of hydrogen-bond acceptors (Lipinski definition) is 3. The summed E-state index contributed by atoms with van der Waals surface area (Å²) in [6.07, 6.45) is -1.18. The topological polar surface area (TPSA) is 75.8 Å². The SMILES string of the molecule is CC(C)(C)N(CC(N)c1ccc(OC(F)F)cc1F)C(=O)O. The van der Waals surface area contributed by atoms with Crippen molar-refractivity contribution in [1.82, 2.24) is 4.90 Å². The second kappa shape index (κ2) is 6.87. The molecule has 0 bridgehead atoms. The van der Waals surface area contributed by atoms with Crippen molar-refractivity contribution in [3.05, 3.63) is 29.6 Å². The number of nitrogens with zero attached hydrogens (tertiary/aromatic N) is 1. The number of alkyl halides is 2. The summed E-state index contributed by atoms with van der Waals surface area (Å²) < 4.78 is 42.1. The highest BCUT2D eigenvalue weighted by molar-refractivity contribution is 5.66. The molecule has 5 nitrogen and oxygen atoms in total. The lowest BCUT2D eigenvalue weighted by Crippen LogP contribution is -2.48. The van der Waals surface area contributed by atoms with Gasteiger partial charge in [-0.15, -0.1) is 0 Å². The van der Waals surface area contributed by atoms with Gasteiger partial charge in [0.1, 0.15) is 11.6 Å². The van der Waals surface area contributed by atoms with Gasteiger partial charge in [-0.25, -0.2) is 9.18 Å². The normalized spacial score (nSPS) is 13.1. The first kappa shape index (κ1) is 18.1. The van der Waals surface area contributed by atoms with E-state index in [9.17, 15) is 23.1 Å². The molecule has 1 rings (SSSR count). The van der Waals surface area contributed by atoms with E-state index in [4.69, 9.17) is 5.73 Å². The van der Waals surface area contributed by atoms with Gasteiger partial charge in [-0.05, 0) is 26.8 Å². The molecule has 0 heterocycles. The maximum atomic E-state index is 13.9. The van der Waals surface area contributed by atoms with Gasteiger partial charge in [0.05, 0.1) is 6.04 Å². The highest BCUT2D eigenvalue weighted by Crippen LogP contribution is 2.24. The molecule has 0 saturated carbocycles. The fourth-order valence-corrected chi connectivity index (χ4v) is 1.92. The number of nitrogens with two attached hydrogens (primary N) is 1. The third-order valence-electron chi connectivity index (χ3n) is 3.02. The Labute approximate surface area is 126 Å². The van der Waals surface area contributed by atoms with E-state index in [1.165, 1.54) is 6.07 Å². The van der Waals surface area contributed by atoms with Crippen molar-refractivity contribution >= 4 is 6.09 Å². The van der Waals surface area contributed by atoms with Gasteiger partial charge in [0.2, 0.25) is 0 Å². The summed E-state index contributed by atoms with van der Waals surface area (Å²) in [5, 5.41) is 9.19. The second-order valence-corrected chi connectivity index (χ2v) is 5.73. The molecule has 0 saturated heterocycles. The Kier molecular flexibility index (Phi) is 5.65. The number of halogens is 3. The van der Waals surface area contributed by atoms with E-state index < -0.39 is 30.1 Å². The molecule has 22 heavy (non-hydrogen) atoms. The van der Waals surface area contributed by atoms with Crippen LogP contribution in [0.25, 0.3) is 0 Å².